The van der Waals surface area contributed by atoms with Crippen LogP contribution in [0.15, 0.2) is 23.3 Å². The molecule has 11 heavy (non-hydrogen) atoms. The molecule has 0 saturated heterocycles. The Labute approximate surface area is 80.2 Å². The van der Waals surface area contributed by atoms with Crippen molar-refractivity contribution in [3.63, 3.8) is 0 Å². The fourth-order valence-electron chi connectivity index (χ4n) is 0.784. The van der Waals surface area contributed by atoms with Crippen molar-refractivity contribution < 1.29 is 5.11 Å². The number of rotatable bonds is 1. The summed E-state index contributed by atoms with van der Waals surface area (Å²) >= 11 is 17.4. The molecule has 0 aliphatic heterocycles. The standard InChI is InChI=1S/C7H7Cl3O/c8-5-1-2-7(10,4-11)6(9)3-5/h1-3,6,11H,4H2. The van der Waals surface area contributed by atoms with Crippen LogP contribution in [0.4, 0.5) is 0 Å². The van der Waals surface area contributed by atoms with Crippen molar-refractivity contribution in [1.82, 2.24) is 0 Å². The Morgan fingerprint density at radius 1 is 1.64 bits per heavy atom. The molecular formula is C7H7Cl3O. The number of aliphatic hydroxyl groups is 1. The predicted octanol–water partition coefficient (Wildman–Crippen LogP) is 2.26. The molecule has 0 spiro atoms. The van der Waals surface area contributed by atoms with E-state index in [0.29, 0.717) is 5.03 Å². The Morgan fingerprint density at radius 2 is 2.27 bits per heavy atom. The summed E-state index contributed by atoms with van der Waals surface area (Å²) in [5, 5.41) is 8.97. The third-order valence-corrected chi connectivity index (χ3v) is 2.89. The van der Waals surface area contributed by atoms with Crippen molar-refractivity contribution >= 4 is 34.8 Å². The Kier molecular flexibility index (Phi) is 2.87. The normalized spacial score (nSPS) is 37.1. The van der Waals surface area contributed by atoms with Gasteiger partial charge < -0.3 is 5.11 Å². The molecule has 1 rings (SSSR count). The Morgan fingerprint density at radius 3 is 2.73 bits per heavy atom. The highest BCUT2D eigenvalue weighted by atomic mass is 35.5. The zero-order valence-corrected chi connectivity index (χ0v) is 7.87. The van der Waals surface area contributed by atoms with E-state index in [-0.39, 0.29) is 6.61 Å². The highest BCUT2D eigenvalue weighted by Crippen LogP contribution is 2.32. The van der Waals surface area contributed by atoms with Gasteiger partial charge in [0.15, 0.2) is 0 Å². The van der Waals surface area contributed by atoms with Gasteiger partial charge in [0.05, 0.1) is 12.0 Å². The van der Waals surface area contributed by atoms with Gasteiger partial charge in [0.1, 0.15) is 4.87 Å². The first kappa shape index (κ1) is 9.40. The van der Waals surface area contributed by atoms with Crippen LogP contribution in [0.2, 0.25) is 0 Å². The van der Waals surface area contributed by atoms with Gasteiger partial charge in [0, 0.05) is 5.03 Å². The Hall–Kier alpha value is 0.310. The summed E-state index contributed by atoms with van der Waals surface area (Å²) in [6, 6.07) is 0. The molecule has 4 heteroatoms. The molecular weight excluding hydrogens is 206 g/mol. The molecule has 0 heterocycles. The van der Waals surface area contributed by atoms with Crippen LogP contribution in [-0.4, -0.2) is 22.0 Å². The van der Waals surface area contributed by atoms with Crippen molar-refractivity contribution in [2.75, 3.05) is 6.61 Å². The SMILES string of the molecule is OCC1(Cl)C=CC(Cl)=CC1Cl. The number of alkyl halides is 2. The highest BCUT2D eigenvalue weighted by molar-refractivity contribution is 6.37. The fourth-order valence-corrected chi connectivity index (χ4v) is 1.44. The van der Waals surface area contributed by atoms with Gasteiger partial charge in [-0.05, 0) is 12.2 Å². The Bertz CT molecular complexity index is 212. The number of allylic oxidation sites excluding steroid dienone is 3. The van der Waals surface area contributed by atoms with Crippen molar-refractivity contribution in [2.45, 2.75) is 10.3 Å². The number of aliphatic hydroxyl groups excluding tert-OH is 1. The molecule has 1 aliphatic rings. The molecule has 0 saturated carbocycles. The molecule has 0 fully saturated rings. The van der Waals surface area contributed by atoms with Gasteiger partial charge in [-0.15, -0.1) is 23.2 Å². The zero-order chi connectivity index (χ0) is 8.48. The molecule has 0 amide bonds. The highest BCUT2D eigenvalue weighted by Gasteiger charge is 2.33. The summed E-state index contributed by atoms with van der Waals surface area (Å²) in [7, 11) is 0. The molecule has 62 valence electrons. The summed E-state index contributed by atoms with van der Waals surface area (Å²) < 4.78 is 0. The summed E-state index contributed by atoms with van der Waals surface area (Å²) in [6.07, 6.45) is 4.84. The minimum atomic E-state index is -0.889. The van der Waals surface area contributed by atoms with E-state index < -0.39 is 10.3 Å². The van der Waals surface area contributed by atoms with Crippen molar-refractivity contribution in [1.29, 1.82) is 0 Å². The topological polar surface area (TPSA) is 20.2 Å². The van der Waals surface area contributed by atoms with Gasteiger partial charge in [0.2, 0.25) is 0 Å². The molecule has 0 aromatic carbocycles. The lowest BCUT2D eigenvalue weighted by Crippen LogP contribution is -2.35. The number of halogens is 3. The van der Waals surface area contributed by atoms with E-state index in [4.69, 9.17) is 39.9 Å². The van der Waals surface area contributed by atoms with E-state index in [2.05, 4.69) is 0 Å². The van der Waals surface area contributed by atoms with Crippen LogP contribution < -0.4 is 0 Å². The van der Waals surface area contributed by atoms with Gasteiger partial charge in [-0.3, -0.25) is 0 Å². The van der Waals surface area contributed by atoms with Crippen LogP contribution in [0.1, 0.15) is 0 Å². The van der Waals surface area contributed by atoms with E-state index in [0.717, 1.165) is 0 Å². The van der Waals surface area contributed by atoms with Gasteiger partial charge in [-0.2, -0.15) is 0 Å². The summed E-state index contributed by atoms with van der Waals surface area (Å²) in [6.45, 7) is -0.195. The molecule has 0 radical (unpaired) electrons. The molecule has 0 aromatic heterocycles. The molecule has 0 aromatic rings. The van der Waals surface area contributed by atoms with Gasteiger partial charge >= 0.3 is 0 Å². The minimum Gasteiger partial charge on any atom is -0.394 e. The second kappa shape index (κ2) is 3.36. The van der Waals surface area contributed by atoms with E-state index in [1.165, 1.54) is 0 Å². The fraction of sp³-hybridized carbons (Fsp3) is 0.429. The van der Waals surface area contributed by atoms with Crippen LogP contribution in [0.3, 0.4) is 0 Å². The minimum absolute atomic E-state index is 0.195. The van der Waals surface area contributed by atoms with Gasteiger partial charge in [0.25, 0.3) is 0 Å². The average Bonchev–Trinajstić information content (AvgIpc) is 1.98. The van der Waals surface area contributed by atoms with E-state index >= 15 is 0 Å². The Balaban J connectivity index is 2.84. The maximum absolute atomic E-state index is 8.87. The first-order chi connectivity index (χ1) is 5.08. The lowest BCUT2D eigenvalue weighted by molar-refractivity contribution is 0.267. The summed E-state index contributed by atoms with van der Waals surface area (Å²) in [4.78, 5) is -0.889. The second-order valence-electron chi connectivity index (χ2n) is 2.37. The largest absolute Gasteiger partial charge is 0.394 e. The third-order valence-electron chi connectivity index (χ3n) is 1.53. The average molecular weight is 213 g/mol. The first-order valence-electron chi connectivity index (χ1n) is 3.09. The summed E-state index contributed by atoms with van der Waals surface area (Å²) in [5.41, 5.74) is 0. The molecule has 1 aliphatic carbocycles. The molecule has 2 atom stereocenters. The van der Waals surface area contributed by atoms with Crippen LogP contribution in [-0.2, 0) is 0 Å². The van der Waals surface area contributed by atoms with E-state index in [1.807, 2.05) is 0 Å². The van der Waals surface area contributed by atoms with Gasteiger partial charge in [-0.25, -0.2) is 0 Å². The molecule has 2 unspecified atom stereocenters. The third kappa shape index (κ3) is 1.91. The predicted molar refractivity (Wildman–Crippen MR) is 48.4 cm³/mol. The van der Waals surface area contributed by atoms with Crippen LogP contribution in [0, 0.1) is 0 Å². The van der Waals surface area contributed by atoms with Crippen LogP contribution in [0.25, 0.3) is 0 Å². The van der Waals surface area contributed by atoms with Crippen molar-refractivity contribution in [3.05, 3.63) is 23.3 Å². The van der Waals surface area contributed by atoms with E-state index in [9.17, 15) is 0 Å². The number of hydrogen-bond donors (Lipinski definition) is 1. The molecule has 0 bridgehead atoms. The van der Waals surface area contributed by atoms with Crippen molar-refractivity contribution in [2.24, 2.45) is 0 Å². The van der Waals surface area contributed by atoms with E-state index in [1.54, 1.807) is 18.2 Å². The quantitative estimate of drug-likeness (QED) is 0.663. The second-order valence-corrected chi connectivity index (χ2v) is 3.98. The van der Waals surface area contributed by atoms with Crippen molar-refractivity contribution in [3.8, 4) is 0 Å². The maximum Gasteiger partial charge on any atom is 0.106 e. The number of hydrogen-bond acceptors (Lipinski definition) is 1. The van der Waals surface area contributed by atoms with Gasteiger partial charge in [-0.1, -0.05) is 17.7 Å². The first-order valence-corrected chi connectivity index (χ1v) is 4.28. The van der Waals surface area contributed by atoms with Crippen LogP contribution >= 0.6 is 34.8 Å². The smallest absolute Gasteiger partial charge is 0.106 e. The molecule has 1 N–H and O–H groups in total. The lowest BCUT2D eigenvalue weighted by Gasteiger charge is -2.26. The van der Waals surface area contributed by atoms with Crippen LogP contribution in [0.5, 0.6) is 0 Å². The monoisotopic (exact) mass is 212 g/mol. The zero-order valence-electron chi connectivity index (χ0n) is 5.60. The summed E-state index contributed by atoms with van der Waals surface area (Å²) in [5.74, 6) is 0. The lowest BCUT2D eigenvalue weighted by atomic mass is 10.0. The maximum atomic E-state index is 8.87. The molecule has 1 nitrogen and oxygen atoms in total.